The first-order valence-corrected chi connectivity index (χ1v) is 6.39. The second-order valence-electron chi connectivity index (χ2n) is 3.84. The zero-order chi connectivity index (χ0) is 13.2. The predicted octanol–water partition coefficient (Wildman–Crippen LogP) is 1.28. The van der Waals surface area contributed by atoms with E-state index in [-0.39, 0.29) is 5.56 Å². The van der Waals surface area contributed by atoms with Crippen LogP contribution in [0.1, 0.15) is 11.1 Å². The SMILES string of the molecule is O=C([O-])C(O)(c1ccccc1)c1ccccc1I. The van der Waals surface area contributed by atoms with E-state index in [1.165, 1.54) is 0 Å². The maximum absolute atomic E-state index is 11.4. The zero-order valence-corrected chi connectivity index (χ0v) is 11.5. The maximum Gasteiger partial charge on any atom is 0.155 e. The molecule has 0 saturated heterocycles. The van der Waals surface area contributed by atoms with Crippen molar-refractivity contribution >= 4 is 28.6 Å². The minimum absolute atomic E-state index is 0.286. The highest BCUT2D eigenvalue weighted by Crippen LogP contribution is 2.32. The monoisotopic (exact) mass is 353 g/mol. The maximum atomic E-state index is 11.4. The summed E-state index contributed by atoms with van der Waals surface area (Å²) in [5.74, 6) is -1.53. The fraction of sp³-hybridized carbons (Fsp3) is 0.0714. The average Bonchev–Trinajstić information content (AvgIpc) is 2.39. The van der Waals surface area contributed by atoms with E-state index in [1.54, 1.807) is 54.6 Å². The summed E-state index contributed by atoms with van der Waals surface area (Å²) < 4.78 is 0.672. The van der Waals surface area contributed by atoms with E-state index in [2.05, 4.69) is 0 Å². The second-order valence-corrected chi connectivity index (χ2v) is 5.01. The van der Waals surface area contributed by atoms with Gasteiger partial charge in [-0.2, -0.15) is 0 Å². The van der Waals surface area contributed by atoms with E-state index in [9.17, 15) is 15.0 Å². The van der Waals surface area contributed by atoms with E-state index >= 15 is 0 Å². The van der Waals surface area contributed by atoms with E-state index in [0.717, 1.165) is 0 Å². The van der Waals surface area contributed by atoms with Crippen molar-refractivity contribution in [1.82, 2.24) is 0 Å². The summed E-state index contributed by atoms with van der Waals surface area (Å²) >= 11 is 1.99. The van der Waals surface area contributed by atoms with Crippen LogP contribution >= 0.6 is 22.6 Å². The Morgan fingerprint density at radius 2 is 1.61 bits per heavy atom. The fourth-order valence-electron chi connectivity index (χ4n) is 1.82. The molecule has 0 radical (unpaired) electrons. The summed E-state index contributed by atoms with van der Waals surface area (Å²) in [6, 6.07) is 15.1. The van der Waals surface area contributed by atoms with Crippen LogP contribution < -0.4 is 5.11 Å². The number of carbonyl (C=O) groups excluding carboxylic acids is 1. The van der Waals surface area contributed by atoms with Crippen LogP contribution in [0.3, 0.4) is 0 Å². The largest absolute Gasteiger partial charge is 0.546 e. The van der Waals surface area contributed by atoms with Crippen molar-refractivity contribution in [2.45, 2.75) is 5.60 Å². The van der Waals surface area contributed by atoms with E-state index < -0.39 is 11.6 Å². The summed E-state index contributed by atoms with van der Waals surface area (Å²) in [6.45, 7) is 0. The Labute approximate surface area is 118 Å². The summed E-state index contributed by atoms with van der Waals surface area (Å²) in [5, 5.41) is 22.0. The summed E-state index contributed by atoms with van der Waals surface area (Å²) in [4.78, 5) is 11.4. The lowest BCUT2D eigenvalue weighted by Crippen LogP contribution is -2.47. The molecule has 0 aliphatic carbocycles. The van der Waals surface area contributed by atoms with Crippen LogP contribution in [-0.4, -0.2) is 11.1 Å². The van der Waals surface area contributed by atoms with Crippen molar-refractivity contribution in [3.05, 3.63) is 69.3 Å². The highest BCUT2D eigenvalue weighted by molar-refractivity contribution is 14.1. The van der Waals surface area contributed by atoms with Gasteiger partial charge in [0.25, 0.3) is 0 Å². The van der Waals surface area contributed by atoms with Gasteiger partial charge < -0.3 is 15.0 Å². The molecule has 2 aromatic carbocycles. The molecule has 0 heterocycles. The van der Waals surface area contributed by atoms with Gasteiger partial charge in [-0.25, -0.2) is 0 Å². The van der Waals surface area contributed by atoms with Crippen molar-refractivity contribution in [2.24, 2.45) is 0 Å². The lowest BCUT2D eigenvalue weighted by atomic mass is 9.86. The second kappa shape index (κ2) is 5.07. The van der Waals surface area contributed by atoms with Gasteiger partial charge in [0.05, 0.1) is 5.97 Å². The van der Waals surface area contributed by atoms with E-state index in [4.69, 9.17) is 0 Å². The molecular weight excluding hydrogens is 343 g/mol. The van der Waals surface area contributed by atoms with Crippen molar-refractivity contribution in [1.29, 1.82) is 0 Å². The summed E-state index contributed by atoms with van der Waals surface area (Å²) in [7, 11) is 0. The predicted molar refractivity (Wildman–Crippen MR) is 73.6 cm³/mol. The molecule has 0 fully saturated rings. The number of aliphatic carboxylic acids is 1. The Balaban J connectivity index is 2.67. The summed E-state index contributed by atoms with van der Waals surface area (Å²) in [5.41, 5.74) is -1.52. The minimum atomic E-state index is -2.13. The number of hydrogen-bond acceptors (Lipinski definition) is 3. The molecule has 0 aliphatic heterocycles. The molecule has 1 N–H and O–H groups in total. The van der Waals surface area contributed by atoms with Gasteiger partial charge >= 0.3 is 0 Å². The molecule has 0 aromatic heterocycles. The molecule has 18 heavy (non-hydrogen) atoms. The third-order valence-electron chi connectivity index (χ3n) is 2.75. The highest BCUT2D eigenvalue weighted by atomic mass is 127. The first kappa shape index (κ1) is 13.0. The third-order valence-corrected chi connectivity index (χ3v) is 3.69. The highest BCUT2D eigenvalue weighted by Gasteiger charge is 2.34. The Bertz CT molecular complexity index is 568. The summed E-state index contributed by atoms with van der Waals surface area (Å²) in [6.07, 6.45) is 0. The lowest BCUT2D eigenvalue weighted by molar-refractivity contribution is -0.322. The van der Waals surface area contributed by atoms with Crippen LogP contribution in [-0.2, 0) is 10.4 Å². The van der Waals surface area contributed by atoms with Gasteiger partial charge in [0, 0.05) is 9.13 Å². The number of hydrogen-bond donors (Lipinski definition) is 1. The first-order valence-electron chi connectivity index (χ1n) is 5.31. The van der Waals surface area contributed by atoms with Crippen molar-refractivity contribution in [3.8, 4) is 0 Å². The van der Waals surface area contributed by atoms with E-state index in [1.807, 2.05) is 22.6 Å². The Morgan fingerprint density at radius 1 is 1.06 bits per heavy atom. The van der Waals surface area contributed by atoms with Crippen LogP contribution in [0.2, 0.25) is 0 Å². The number of aliphatic hydroxyl groups is 1. The number of halogens is 1. The number of rotatable bonds is 3. The first-order chi connectivity index (χ1) is 8.56. The van der Waals surface area contributed by atoms with Gasteiger partial charge in [-0.15, -0.1) is 0 Å². The number of carbonyl (C=O) groups is 1. The molecule has 0 bridgehead atoms. The molecule has 0 amide bonds. The van der Waals surface area contributed by atoms with Crippen LogP contribution in [0.5, 0.6) is 0 Å². The smallest absolute Gasteiger partial charge is 0.155 e. The molecule has 1 unspecified atom stereocenters. The quantitative estimate of drug-likeness (QED) is 0.846. The normalized spacial score (nSPS) is 13.9. The van der Waals surface area contributed by atoms with Gasteiger partial charge in [0.1, 0.15) is 0 Å². The fourth-order valence-corrected chi connectivity index (χ4v) is 2.59. The molecule has 3 nitrogen and oxygen atoms in total. The van der Waals surface area contributed by atoms with Crippen molar-refractivity contribution in [3.63, 3.8) is 0 Å². The Kier molecular flexibility index (Phi) is 3.68. The molecule has 1 atom stereocenters. The lowest BCUT2D eigenvalue weighted by Gasteiger charge is -2.31. The van der Waals surface area contributed by atoms with Crippen molar-refractivity contribution in [2.75, 3.05) is 0 Å². The topological polar surface area (TPSA) is 60.4 Å². The number of benzene rings is 2. The molecule has 4 heteroatoms. The molecular formula is C14H10IO3-. The van der Waals surface area contributed by atoms with Crippen LogP contribution in [0.25, 0.3) is 0 Å². The van der Waals surface area contributed by atoms with Gasteiger partial charge in [0.15, 0.2) is 5.60 Å². The van der Waals surface area contributed by atoms with Gasteiger partial charge in [-0.3, -0.25) is 0 Å². The molecule has 2 aromatic rings. The number of carboxylic acid groups (broad SMARTS) is 1. The van der Waals surface area contributed by atoms with Crippen LogP contribution in [0.4, 0.5) is 0 Å². The molecule has 92 valence electrons. The van der Waals surface area contributed by atoms with Crippen molar-refractivity contribution < 1.29 is 15.0 Å². The van der Waals surface area contributed by atoms with Crippen LogP contribution in [0, 0.1) is 3.57 Å². The van der Waals surface area contributed by atoms with Gasteiger partial charge in [0.2, 0.25) is 0 Å². The average molecular weight is 353 g/mol. The Hall–Kier alpha value is -1.40. The van der Waals surface area contributed by atoms with Crippen LogP contribution in [0.15, 0.2) is 54.6 Å². The third kappa shape index (κ3) is 2.13. The molecule has 0 aliphatic rings. The van der Waals surface area contributed by atoms with E-state index in [0.29, 0.717) is 9.13 Å². The Morgan fingerprint density at radius 3 is 2.17 bits per heavy atom. The standard InChI is InChI=1S/C14H11IO3/c15-12-9-5-4-8-11(12)14(18,13(16)17)10-6-2-1-3-7-10/h1-9,18H,(H,16,17)/p-1. The van der Waals surface area contributed by atoms with Gasteiger partial charge in [-0.1, -0.05) is 48.5 Å². The molecule has 2 rings (SSSR count). The zero-order valence-electron chi connectivity index (χ0n) is 9.34. The minimum Gasteiger partial charge on any atom is -0.546 e. The van der Waals surface area contributed by atoms with Gasteiger partial charge in [-0.05, 0) is 34.2 Å². The molecule has 0 spiro atoms. The number of carboxylic acids is 1. The molecule has 0 saturated carbocycles.